The SMILES string of the molecule is CCCC1CC2(CCN1)OCCO2. The van der Waals surface area contributed by atoms with E-state index in [2.05, 4.69) is 12.2 Å². The highest BCUT2D eigenvalue weighted by Gasteiger charge is 2.40. The van der Waals surface area contributed by atoms with Gasteiger partial charge in [-0.2, -0.15) is 0 Å². The molecular formula is C10H19NO2. The van der Waals surface area contributed by atoms with Crippen LogP contribution in [0, 0.1) is 0 Å². The molecule has 2 aliphatic heterocycles. The van der Waals surface area contributed by atoms with Gasteiger partial charge in [-0.25, -0.2) is 0 Å². The van der Waals surface area contributed by atoms with Crippen molar-refractivity contribution in [3.63, 3.8) is 0 Å². The summed E-state index contributed by atoms with van der Waals surface area (Å²) in [4.78, 5) is 0. The van der Waals surface area contributed by atoms with Gasteiger partial charge in [0.15, 0.2) is 5.79 Å². The van der Waals surface area contributed by atoms with E-state index < -0.39 is 0 Å². The Bertz CT molecular complexity index is 164. The summed E-state index contributed by atoms with van der Waals surface area (Å²) < 4.78 is 11.4. The highest BCUT2D eigenvalue weighted by molar-refractivity contribution is 4.86. The van der Waals surface area contributed by atoms with Crippen molar-refractivity contribution in [1.82, 2.24) is 5.32 Å². The fourth-order valence-electron chi connectivity index (χ4n) is 2.33. The first-order chi connectivity index (χ1) is 6.35. The molecule has 2 fully saturated rings. The minimum atomic E-state index is -0.217. The van der Waals surface area contributed by atoms with E-state index in [9.17, 15) is 0 Å². The largest absolute Gasteiger partial charge is 0.347 e. The molecule has 1 spiro atoms. The first-order valence-corrected chi connectivity index (χ1v) is 5.36. The van der Waals surface area contributed by atoms with Gasteiger partial charge < -0.3 is 14.8 Å². The molecular weight excluding hydrogens is 166 g/mol. The van der Waals surface area contributed by atoms with Gasteiger partial charge in [-0.15, -0.1) is 0 Å². The van der Waals surface area contributed by atoms with Gasteiger partial charge in [0.1, 0.15) is 0 Å². The van der Waals surface area contributed by atoms with E-state index in [0.29, 0.717) is 6.04 Å². The number of nitrogens with one attached hydrogen (secondary N) is 1. The molecule has 2 aliphatic rings. The van der Waals surface area contributed by atoms with Crippen LogP contribution in [0.4, 0.5) is 0 Å². The lowest BCUT2D eigenvalue weighted by Crippen LogP contribution is -2.48. The van der Waals surface area contributed by atoms with Crippen LogP contribution in [0.2, 0.25) is 0 Å². The number of hydrogen-bond donors (Lipinski definition) is 1. The molecule has 0 saturated carbocycles. The van der Waals surface area contributed by atoms with Crippen LogP contribution in [0.1, 0.15) is 32.6 Å². The third-order valence-corrected chi connectivity index (χ3v) is 2.95. The number of rotatable bonds is 2. The van der Waals surface area contributed by atoms with E-state index in [1.807, 2.05) is 0 Å². The first-order valence-electron chi connectivity index (χ1n) is 5.36. The lowest BCUT2D eigenvalue weighted by Gasteiger charge is -2.36. The topological polar surface area (TPSA) is 30.5 Å². The third-order valence-electron chi connectivity index (χ3n) is 2.95. The van der Waals surface area contributed by atoms with Crippen molar-refractivity contribution in [2.75, 3.05) is 19.8 Å². The molecule has 2 rings (SSSR count). The van der Waals surface area contributed by atoms with Crippen molar-refractivity contribution >= 4 is 0 Å². The fourth-order valence-corrected chi connectivity index (χ4v) is 2.33. The predicted molar refractivity (Wildman–Crippen MR) is 50.6 cm³/mol. The number of ether oxygens (including phenoxy) is 2. The molecule has 0 aromatic heterocycles. The summed E-state index contributed by atoms with van der Waals surface area (Å²) in [6.07, 6.45) is 4.50. The van der Waals surface area contributed by atoms with Crippen molar-refractivity contribution < 1.29 is 9.47 Å². The monoisotopic (exact) mass is 185 g/mol. The predicted octanol–water partition coefficient (Wildman–Crippen LogP) is 1.28. The number of piperidine rings is 1. The van der Waals surface area contributed by atoms with E-state index in [1.54, 1.807) is 0 Å². The molecule has 0 aromatic carbocycles. The van der Waals surface area contributed by atoms with E-state index in [1.165, 1.54) is 12.8 Å². The molecule has 0 amide bonds. The molecule has 1 unspecified atom stereocenters. The van der Waals surface area contributed by atoms with Gasteiger partial charge >= 0.3 is 0 Å². The van der Waals surface area contributed by atoms with Crippen LogP contribution in [0.5, 0.6) is 0 Å². The standard InChI is InChI=1S/C10H19NO2/c1-2-3-9-8-10(4-5-11-9)12-6-7-13-10/h9,11H,2-8H2,1H3. The Balaban J connectivity index is 1.90. The summed E-state index contributed by atoms with van der Waals surface area (Å²) in [6, 6.07) is 0.594. The maximum absolute atomic E-state index is 5.70. The fraction of sp³-hybridized carbons (Fsp3) is 1.00. The highest BCUT2D eigenvalue weighted by atomic mass is 16.7. The molecule has 1 atom stereocenters. The first kappa shape index (κ1) is 9.44. The Labute approximate surface area is 79.8 Å². The van der Waals surface area contributed by atoms with Crippen LogP contribution in [0.3, 0.4) is 0 Å². The normalized spacial score (nSPS) is 32.5. The van der Waals surface area contributed by atoms with E-state index in [-0.39, 0.29) is 5.79 Å². The molecule has 1 N–H and O–H groups in total. The Kier molecular flexibility index (Phi) is 2.86. The lowest BCUT2D eigenvalue weighted by molar-refractivity contribution is -0.180. The van der Waals surface area contributed by atoms with Gasteiger partial charge in [0.2, 0.25) is 0 Å². The maximum Gasteiger partial charge on any atom is 0.171 e. The third kappa shape index (κ3) is 2.03. The molecule has 0 aliphatic carbocycles. The molecule has 3 nitrogen and oxygen atoms in total. The van der Waals surface area contributed by atoms with Crippen LogP contribution in [0.15, 0.2) is 0 Å². The van der Waals surface area contributed by atoms with E-state index in [4.69, 9.17) is 9.47 Å². The van der Waals surface area contributed by atoms with Crippen molar-refractivity contribution in [1.29, 1.82) is 0 Å². The molecule has 0 bridgehead atoms. The summed E-state index contributed by atoms with van der Waals surface area (Å²) in [5.41, 5.74) is 0. The van der Waals surface area contributed by atoms with Crippen LogP contribution in [-0.4, -0.2) is 31.6 Å². The van der Waals surface area contributed by atoms with Gasteiger partial charge in [0.25, 0.3) is 0 Å². The minimum absolute atomic E-state index is 0.217. The molecule has 0 radical (unpaired) electrons. The van der Waals surface area contributed by atoms with Gasteiger partial charge in [0, 0.05) is 25.4 Å². The van der Waals surface area contributed by atoms with Crippen molar-refractivity contribution in [3.05, 3.63) is 0 Å². The van der Waals surface area contributed by atoms with Crippen LogP contribution in [-0.2, 0) is 9.47 Å². The Morgan fingerprint density at radius 1 is 1.38 bits per heavy atom. The average molecular weight is 185 g/mol. The zero-order valence-electron chi connectivity index (χ0n) is 8.34. The molecule has 2 saturated heterocycles. The average Bonchev–Trinajstić information content (AvgIpc) is 2.54. The quantitative estimate of drug-likeness (QED) is 0.703. The van der Waals surface area contributed by atoms with E-state index >= 15 is 0 Å². The van der Waals surface area contributed by atoms with E-state index in [0.717, 1.165) is 32.6 Å². The summed E-state index contributed by atoms with van der Waals surface area (Å²) >= 11 is 0. The van der Waals surface area contributed by atoms with Crippen LogP contribution in [0.25, 0.3) is 0 Å². The summed E-state index contributed by atoms with van der Waals surface area (Å²) in [5, 5.41) is 3.51. The van der Waals surface area contributed by atoms with Crippen molar-refractivity contribution in [2.24, 2.45) is 0 Å². The molecule has 0 aromatic rings. The highest BCUT2D eigenvalue weighted by Crippen LogP contribution is 2.31. The second-order valence-electron chi connectivity index (χ2n) is 4.00. The smallest absolute Gasteiger partial charge is 0.171 e. The molecule has 3 heteroatoms. The van der Waals surface area contributed by atoms with Crippen LogP contribution >= 0.6 is 0 Å². The van der Waals surface area contributed by atoms with Gasteiger partial charge in [-0.3, -0.25) is 0 Å². The summed E-state index contributed by atoms with van der Waals surface area (Å²) in [7, 11) is 0. The Morgan fingerprint density at radius 2 is 2.15 bits per heavy atom. The van der Waals surface area contributed by atoms with Gasteiger partial charge in [-0.1, -0.05) is 13.3 Å². The molecule has 2 heterocycles. The second kappa shape index (κ2) is 3.95. The lowest BCUT2D eigenvalue weighted by atomic mass is 9.95. The Hall–Kier alpha value is -0.120. The maximum atomic E-state index is 5.70. The summed E-state index contributed by atoms with van der Waals surface area (Å²) in [6.45, 7) is 4.81. The summed E-state index contributed by atoms with van der Waals surface area (Å²) in [5.74, 6) is -0.217. The van der Waals surface area contributed by atoms with Crippen LogP contribution < -0.4 is 5.32 Å². The van der Waals surface area contributed by atoms with Gasteiger partial charge in [-0.05, 0) is 6.42 Å². The number of hydrogen-bond acceptors (Lipinski definition) is 3. The second-order valence-corrected chi connectivity index (χ2v) is 4.00. The minimum Gasteiger partial charge on any atom is -0.347 e. The molecule has 13 heavy (non-hydrogen) atoms. The van der Waals surface area contributed by atoms with Crippen molar-refractivity contribution in [2.45, 2.75) is 44.4 Å². The Morgan fingerprint density at radius 3 is 2.85 bits per heavy atom. The van der Waals surface area contributed by atoms with Gasteiger partial charge in [0.05, 0.1) is 13.2 Å². The zero-order valence-corrected chi connectivity index (χ0v) is 8.34. The molecule has 76 valence electrons. The van der Waals surface area contributed by atoms with Crippen molar-refractivity contribution in [3.8, 4) is 0 Å². The zero-order chi connectivity index (χ0) is 9.15.